The number of carbonyl (C=O) groups excluding carboxylic acids is 1. The molecule has 0 saturated heterocycles. The van der Waals surface area contributed by atoms with Gasteiger partial charge in [-0.1, -0.05) is 0 Å². The number of ether oxygens (including phenoxy) is 1. The summed E-state index contributed by atoms with van der Waals surface area (Å²) < 4.78 is 5.56. The van der Waals surface area contributed by atoms with E-state index in [4.69, 9.17) is 4.74 Å². The van der Waals surface area contributed by atoms with Crippen molar-refractivity contribution in [3.8, 4) is 0 Å². The first-order valence-electron chi connectivity index (χ1n) is 7.61. The molecule has 1 aromatic carbocycles. The van der Waals surface area contributed by atoms with E-state index < -0.39 is 27.2 Å². The molecular weight excluding hydrogens is 304 g/mol. The van der Waals surface area contributed by atoms with Crippen molar-refractivity contribution >= 4 is 17.3 Å². The van der Waals surface area contributed by atoms with Crippen LogP contribution in [-0.4, -0.2) is 21.9 Å². The largest absolute Gasteiger partial charge is 0.458 e. The number of hydrogen-bond acceptors (Lipinski definition) is 6. The molecule has 8 nitrogen and oxygen atoms in total. The van der Waals surface area contributed by atoms with Gasteiger partial charge in [0.15, 0.2) is 0 Å². The highest BCUT2D eigenvalue weighted by atomic mass is 16.6. The van der Waals surface area contributed by atoms with Crippen LogP contribution in [0.2, 0.25) is 0 Å². The third-order valence-corrected chi connectivity index (χ3v) is 5.52. The average molecular weight is 318 g/mol. The molecule has 3 aliphatic rings. The Morgan fingerprint density at radius 2 is 1.78 bits per heavy atom. The smallest absolute Gasteiger partial charge is 0.345 e. The van der Waals surface area contributed by atoms with Gasteiger partial charge in [-0.2, -0.15) is 0 Å². The van der Waals surface area contributed by atoms with E-state index in [2.05, 4.69) is 0 Å². The minimum Gasteiger partial charge on any atom is -0.458 e. The van der Waals surface area contributed by atoms with Gasteiger partial charge in [-0.25, -0.2) is 4.79 Å². The van der Waals surface area contributed by atoms with Crippen molar-refractivity contribution in [2.24, 2.45) is 23.7 Å². The summed E-state index contributed by atoms with van der Waals surface area (Å²) in [7, 11) is 0. The van der Waals surface area contributed by atoms with Crippen molar-refractivity contribution < 1.29 is 19.4 Å². The minimum atomic E-state index is -0.787. The van der Waals surface area contributed by atoms with Gasteiger partial charge >= 0.3 is 5.97 Å². The first kappa shape index (κ1) is 14.1. The molecule has 8 heteroatoms. The molecule has 0 amide bonds. The summed E-state index contributed by atoms with van der Waals surface area (Å²) in [5.41, 5.74) is -1.23. The number of carbonyl (C=O) groups is 1. The zero-order chi connectivity index (χ0) is 16.3. The van der Waals surface area contributed by atoms with E-state index in [1.165, 1.54) is 6.42 Å². The number of non-ortho nitro benzene ring substituents is 1. The number of hydrogen-bond donors (Lipinski definition) is 0. The molecule has 3 aliphatic carbocycles. The van der Waals surface area contributed by atoms with Crippen LogP contribution in [0.5, 0.6) is 0 Å². The second-order valence-corrected chi connectivity index (χ2v) is 6.55. The van der Waals surface area contributed by atoms with Crippen molar-refractivity contribution in [1.29, 1.82) is 0 Å². The first-order valence-corrected chi connectivity index (χ1v) is 7.61. The van der Waals surface area contributed by atoms with E-state index in [-0.39, 0.29) is 11.7 Å². The number of nitro groups is 2. The Bertz CT molecular complexity index is 733. The first-order chi connectivity index (χ1) is 11.0. The predicted octanol–water partition coefficient (Wildman–Crippen LogP) is 2.70. The number of esters is 1. The molecule has 1 aromatic rings. The zero-order valence-electron chi connectivity index (χ0n) is 12.1. The van der Waals surface area contributed by atoms with Gasteiger partial charge < -0.3 is 4.74 Å². The highest BCUT2D eigenvalue weighted by Crippen LogP contribution is 2.66. The number of nitro benzene ring substituents is 2. The Morgan fingerprint density at radius 3 is 2.35 bits per heavy atom. The summed E-state index contributed by atoms with van der Waals surface area (Å²) in [6.07, 6.45) is 3.14. The highest BCUT2D eigenvalue weighted by molar-refractivity contribution is 5.94. The molecule has 120 valence electrons. The second-order valence-electron chi connectivity index (χ2n) is 6.55. The summed E-state index contributed by atoms with van der Waals surface area (Å²) in [5, 5.41) is 21.9. The van der Waals surface area contributed by atoms with Crippen LogP contribution in [0.25, 0.3) is 0 Å². The Morgan fingerprint density at radius 1 is 1.04 bits per heavy atom. The molecule has 0 bridgehead atoms. The van der Waals surface area contributed by atoms with Gasteiger partial charge in [0.1, 0.15) is 11.7 Å². The summed E-state index contributed by atoms with van der Waals surface area (Å²) in [6, 6.07) is 3.00. The van der Waals surface area contributed by atoms with Crippen LogP contribution in [0.4, 0.5) is 11.4 Å². The highest BCUT2D eigenvalue weighted by Gasteiger charge is 2.64. The third-order valence-electron chi connectivity index (χ3n) is 5.52. The summed E-state index contributed by atoms with van der Waals surface area (Å²) in [4.78, 5) is 32.7. The standard InChI is InChI=1S/C15H14N2O6/c18-15(23-14-9-4-3-8(9)11-6-12(11)14)10-2-1-7(16(19)20)5-13(10)17(21)22/h1-2,5,8-9,11-12,14H,3-4,6H2/t8-,9+,11+,12-,14+/m0/s1. The zero-order valence-corrected chi connectivity index (χ0v) is 12.1. The fraction of sp³-hybridized carbons (Fsp3) is 0.533. The molecule has 0 radical (unpaired) electrons. The molecule has 0 unspecified atom stereocenters. The normalized spacial score (nSPS) is 33.1. The lowest BCUT2D eigenvalue weighted by Gasteiger charge is -2.36. The molecule has 0 heterocycles. The Kier molecular flexibility index (Phi) is 2.91. The number of fused-ring (bicyclic) bond motifs is 3. The van der Waals surface area contributed by atoms with Crippen LogP contribution in [-0.2, 0) is 4.74 Å². The molecule has 0 N–H and O–H groups in total. The SMILES string of the molecule is O=C(O[C@@H]1[C@@H]2CC[C@@H]2[C@H]2C[C@@H]21)c1ccc([N+](=O)[O-])cc1[N+](=O)[O-]. The van der Waals surface area contributed by atoms with Gasteiger partial charge in [-0.05, 0) is 49.0 Å². The van der Waals surface area contributed by atoms with E-state index in [9.17, 15) is 25.0 Å². The van der Waals surface area contributed by atoms with Gasteiger partial charge in [0.2, 0.25) is 0 Å². The number of benzene rings is 1. The monoisotopic (exact) mass is 318 g/mol. The van der Waals surface area contributed by atoms with Gasteiger partial charge in [-0.15, -0.1) is 0 Å². The van der Waals surface area contributed by atoms with E-state index in [0.29, 0.717) is 23.7 Å². The summed E-state index contributed by atoms with van der Waals surface area (Å²) in [6.45, 7) is 0. The quantitative estimate of drug-likeness (QED) is 0.479. The average Bonchev–Trinajstić information content (AvgIpc) is 3.20. The molecule has 4 rings (SSSR count). The fourth-order valence-electron chi connectivity index (χ4n) is 4.23. The molecular formula is C15H14N2O6. The van der Waals surface area contributed by atoms with Gasteiger partial charge in [0.05, 0.1) is 15.9 Å². The Balaban J connectivity index is 1.58. The van der Waals surface area contributed by atoms with Crippen LogP contribution in [0.3, 0.4) is 0 Å². The number of nitrogens with zero attached hydrogens (tertiary/aromatic N) is 2. The van der Waals surface area contributed by atoms with Gasteiger partial charge in [0, 0.05) is 6.07 Å². The lowest BCUT2D eigenvalue weighted by atomic mass is 9.72. The Labute approximate surface area is 130 Å². The van der Waals surface area contributed by atoms with E-state index in [1.807, 2.05) is 0 Å². The van der Waals surface area contributed by atoms with E-state index in [1.54, 1.807) is 0 Å². The van der Waals surface area contributed by atoms with Crippen molar-refractivity contribution in [1.82, 2.24) is 0 Å². The van der Waals surface area contributed by atoms with Gasteiger partial charge in [0.25, 0.3) is 11.4 Å². The lowest BCUT2D eigenvalue weighted by molar-refractivity contribution is -0.394. The summed E-state index contributed by atoms with van der Waals surface area (Å²) in [5.74, 6) is 1.33. The molecule has 23 heavy (non-hydrogen) atoms. The van der Waals surface area contributed by atoms with Crippen molar-refractivity contribution in [2.75, 3.05) is 0 Å². The van der Waals surface area contributed by atoms with Crippen LogP contribution in [0.15, 0.2) is 18.2 Å². The third kappa shape index (κ3) is 2.08. The van der Waals surface area contributed by atoms with Crippen molar-refractivity contribution in [3.63, 3.8) is 0 Å². The summed E-state index contributed by atoms with van der Waals surface area (Å²) >= 11 is 0. The van der Waals surface area contributed by atoms with Crippen molar-refractivity contribution in [3.05, 3.63) is 44.0 Å². The maximum atomic E-state index is 12.4. The Hall–Kier alpha value is -2.51. The van der Waals surface area contributed by atoms with Gasteiger partial charge in [-0.3, -0.25) is 20.2 Å². The van der Waals surface area contributed by atoms with Crippen LogP contribution in [0.1, 0.15) is 29.6 Å². The molecule has 3 fully saturated rings. The predicted molar refractivity (Wildman–Crippen MR) is 76.8 cm³/mol. The molecule has 3 saturated carbocycles. The van der Waals surface area contributed by atoms with Crippen molar-refractivity contribution in [2.45, 2.75) is 25.4 Å². The van der Waals surface area contributed by atoms with Crippen LogP contribution < -0.4 is 0 Å². The van der Waals surface area contributed by atoms with E-state index >= 15 is 0 Å². The maximum absolute atomic E-state index is 12.4. The fourth-order valence-corrected chi connectivity index (χ4v) is 4.23. The lowest BCUT2D eigenvalue weighted by Crippen LogP contribution is -2.35. The molecule has 0 aliphatic heterocycles. The molecule has 0 spiro atoms. The van der Waals surface area contributed by atoms with E-state index in [0.717, 1.165) is 31.0 Å². The molecule has 5 atom stereocenters. The minimum absolute atomic E-state index is 0.152. The number of rotatable bonds is 4. The second kappa shape index (κ2) is 4.74. The van der Waals surface area contributed by atoms with Crippen LogP contribution in [0, 0.1) is 43.9 Å². The topological polar surface area (TPSA) is 113 Å². The van der Waals surface area contributed by atoms with Crippen LogP contribution >= 0.6 is 0 Å². The molecule has 0 aromatic heterocycles. The maximum Gasteiger partial charge on any atom is 0.345 e.